The molecule has 4 heterocycles. The Balaban J connectivity index is 0.000000275. The van der Waals surface area contributed by atoms with Crippen molar-refractivity contribution >= 4 is 39.6 Å². The number of benzene rings is 1. The van der Waals surface area contributed by atoms with E-state index in [-0.39, 0.29) is 0 Å². The topological polar surface area (TPSA) is 81.0 Å². The number of rotatable bonds is 2. The third kappa shape index (κ3) is 3.44. The molecule has 5 rings (SSSR count). The van der Waals surface area contributed by atoms with E-state index in [1.54, 1.807) is 24.5 Å². The fourth-order valence-corrected chi connectivity index (χ4v) is 3.51. The first kappa shape index (κ1) is 18.4. The number of methoxy groups -OCH3 is 1. The van der Waals surface area contributed by atoms with Gasteiger partial charge in [-0.05, 0) is 37.4 Å². The van der Waals surface area contributed by atoms with Gasteiger partial charge in [-0.2, -0.15) is 5.10 Å². The Morgan fingerprint density at radius 2 is 2.00 bits per heavy atom. The van der Waals surface area contributed by atoms with Crippen molar-refractivity contribution in [2.24, 2.45) is 0 Å². The summed E-state index contributed by atoms with van der Waals surface area (Å²) in [6.45, 7) is 4.00. The molecule has 1 aromatic carbocycles. The Kier molecular flexibility index (Phi) is 4.97. The van der Waals surface area contributed by atoms with Crippen molar-refractivity contribution in [1.82, 2.24) is 29.8 Å². The Morgan fingerprint density at radius 1 is 1.14 bits per heavy atom. The minimum atomic E-state index is 0.442. The lowest BCUT2D eigenvalue weighted by molar-refractivity contribution is 0.415. The number of nitrogens with one attached hydrogen (secondary N) is 1. The van der Waals surface area contributed by atoms with Crippen LogP contribution in [0.2, 0.25) is 5.15 Å². The first-order valence-corrected chi connectivity index (χ1v) is 9.73. The molecule has 0 radical (unpaired) electrons. The third-order valence-electron chi connectivity index (χ3n) is 4.15. The van der Waals surface area contributed by atoms with Gasteiger partial charge in [0.05, 0.1) is 18.1 Å². The van der Waals surface area contributed by atoms with E-state index in [9.17, 15) is 0 Å². The van der Waals surface area contributed by atoms with Gasteiger partial charge in [0.1, 0.15) is 28.1 Å². The van der Waals surface area contributed by atoms with Gasteiger partial charge in [-0.1, -0.05) is 17.7 Å². The van der Waals surface area contributed by atoms with Crippen LogP contribution in [0.4, 0.5) is 0 Å². The molecule has 0 atom stereocenters. The van der Waals surface area contributed by atoms with Crippen molar-refractivity contribution in [1.29, 1.82) is 0 Å². The van der Waals surface area contributed by atoms with Gasteiger partial charge < -0.3 is 4.74 Å². The average molecular weight is 413 g/mol. The number of hydrogen-bond donors (Lipinski definition) is 1. The van der Waals surface area contributed by atoms with Gasteiger partial charge >= 0.3 is 0 Å². The molecule has 5 aromatic rings. The van der Waals surface area contributed by atoms with E-state index in [2.05, 4.69) is 49.8 Å². The van der Waals surface area contributed by atoms with E-state index in [0.29, 0.717) is 22.2 Å². The number of H-pyrrole nitrogens is 1. The van der Waals surface area contributed by atoms with E-state index >= 15 is 0 Å². The SMILES string of the molecule is COc1ccc2c(c1)nc(-c1cc(Cl)[nH]n1)c1nnc(C)n12.Cc1cccs1. The van der Waals surface area contributed by atoms with Gasteiger partial charge in [0.25, 0.3) is 0 Å². The maximum atomic E-state index is 5.92. The molecule has 0 bridgehead atoms. The van der Waals surface area contributed by atoms with E-state index in [0.717, 1.165) is 22.6 Å². The number of hydrogen-bond acceptors (Lipinski definition) is 6. The van der Waals surface area contributed by atoms with Gasteiger partial charge in [-0.15, -0.1) is 21.5 Å². The van der Waals surface area contributed by atoms with E-state index in [4.69, 9.17) is 16.3 Å². The maximum absolute atomic E-state index is 5.92. The molecule has 4 aromatic heterocycles. The molecular formula is C19H17ClN6OS. The molecule has 142 valence electrons. The summed E-state index contributed by atoms with van der Waals surface area (Å²) in [6, 6.07) is 11.6. The Morgan fingerprint density at radius 3 is 2.61 bits per heavy atom. The molecule has 0 unspecified atom stereocenters. The summed E-state index contributed by atoms with van der Waals surface area (Å²) < 4.78 is 7.22. The second-order valence-electron chi connectivity index (χ2n) is 6.05. The van der Waals surface area contributed by atoms with Gasteiger partial charge in [0, 0.05) is 17.0 Å². The Labute approximate surface area is 170 Å². The highest BCUT2D eigenvalue weighted by Gasteiger charge is 2.17. The van der Waals surface area contributed by atoms with Crippen molar-refractivity contribution in [3.63, 3.8) is 0 Å². The van der Waals surface area contributed by atoms with Crippen LogP contribution in [-0.4, -0.2) is 36.9 Å². The number of thiophene rings is 1. The van der Waals surface area contributed by atoms with E-state index < -0.39 is 0 Å². The van der Waals surface area contributed by atoms with Crippen LogP contribution >= 0.6 is 22.9 Å². The van der Waals surface area contributed by atoms with Gasteiger partial charge in [-0.3, -0.25) is 9.50 Å². The molecule has 0 amide bonds. The molecule has 0 saturated carbocycles. The van der Waals surface area contributed by atoms with Crippen molar-refractivity contribution in [3.8, 4) is 17.1 Å². The lowest BCUT2D eigenvalue weighted by atomic mass is 10.2. The zero-order valence-corrected chi connectivity index (χ0v) is 17.0. The Hall–Kier alpha value is -2.97. The number of ether oxygens (including phenoxy) is 1. The molecule has 0 aliphatic carbocycles. The fourth-order valence-electron chi connectivity index (χ4n) is 2.84. The second-order valence-corrected chi connectivity index (χ2v) is 7.61. The molecule has 28 heavy (non-hydrogen) atoms. The zero-order valence-electron chi connectivity index (χ0n) is 15.5. The number of fused-ring (bicyclic) bond motifs is 3. The molecule has 7 nitrogen and oxygen atoms in total. The molecule has 0 fully saturated rings. The summed E-state index contributed by atoms with van der Waals surface area (Å²) in [5.74, 6) is 1.51. The Bertz CT molecular complexity index is 1240. The van der Waals surface area contributed by atoms with Crippen molar-refractivity contribution in [3.05, 3.63) is 57.6 Å². The minimum Gasteiger partial charge on any atom is -0.497 e. The highest BCUT2D eigenvalue weighted by atomic mass is 35.5. The summed E-state index contributed by atoms with van der Waals surface area (Å²) in [6.07, 6.45) is 0. The highest BCUT2D eigenvalue weighted by molar-refractivity contribution is 7.09. The van der Waals surface area contributed by atoms with Gasteiger partial charge in [-0.25, -0.2) is 4.98 Å². The largest absolute Gasteiger partial charge is 0.497 e. The number of aryl methyl sites for hydroxylation is 2. The normalized spacial score (nSPS) is 10.9. The maximum Gasteiger partial charge on any atom is 0.189 e. The lowest BCUT2D eigenvalue weighted by Gasteiger charge is -2.07. The molecule has 0 aliphatic heterocycles. The minimum absolute atomic E-state index is 0.442. The van der Waals surface area contributed by atoms with Crippen LogP contribution in [0, 0.1) is 13.8 Å². The van der Waals surface area contributed by atoms with Crippen LogP contribution in [0.3, 0.4) is 0 Å². The second kappa shape index (κ2) is 7.57. The van der Waals surface area contributed by atoms with Gasteiger partial charge in [0.15, 0.2) is 5.65 Å². The lowest BCUT2D eigenvalue weighted by Crippen LogP contribution is -1.98. The van der Waals surface area contributed by atoms with Crippen molar-refractivity contribution < 1.29 is 4.74 Å². The van der Waals surface area contributed by atoms with Crippen LogP contribution < -0.4 is 4.74 Å². The highest BCUT2D eigenvalue weighted by Crippen LogP contribution is 2.28. The number of aromatic amines is 1. The van der Waals surface area contributed by atoms with Crippen LogP contribution in [-0.2, 0) is 0 Å². The standard InChI is InChI=1S/C14H11ClN6O.C5H6S/c1-7-17-20-14-13(10-6-12(15)19-18-10)16-9-5-8(22-2)3-4-11(9)21(7)14;1-5-3-2-4-6-5/h3-6H,1-2H3,(H,18,19);2-4H,1H3. The molecule has 0 spiro atoms. The van der Waals surface area contributed by atoms with Crippen molar-refractivity contribution in [2.45, 2.75) is 13.8 Å². The quantitative estimate of drug-likeness (QED) is 0.454. The van der Waals surface area contributed by atoms with Gasteiger partial charge in [0.2, 0.25) is 0 Å². The smallest absolute Gasteiger partial charge is 0.189 e. The summed E-state index contributed by atoms with van der Waals surface area (Å²) in [4.78, 5) is 6.05. The zero-order chi connectivity index (χ0) is 19.7. The predicted octanol–water partition coefficient (Wildman–Crippen LogP) is 4.69. The summed E-state index contributed by atoms with van der Waals surface area (Å²) in [7, 11) is 1.62. The first-order valence-electron chi connectivity index (χ1n) is 8.47. The van der Waals surface area contributed by atoms with Crippen LogP contribution in [0.15, 0.2) is 41.8 Å². The summed E-state index contributed by atoms with van der Waals surface area (Å²) >= 11 is 7.70. The fraction of sp³-hybridized carbons (Fsp3) is 0.158. The number of nitrogens with zero attached hydrogens (tertiary/aromatic N) is 5. The molecular weight excluding hydrogens is 396 g/mol. The first-order chi connectivity index (χ1) is 13.6. The van der Waals surface area contributed by atoms with Crippen LogP contribution in [0.5, 0.6) is 5.75 Å². The molecule has 0 aliphatic rings. The third-order valence-corrected chi connectivity index (χ3v) is 5.14. The molecule has 1 N–H and O–H groups in total. The monoisotopic (exact) mass is 412 g/mol. The van der Waals surface area contributed by atoms with Crippen LogP contribution in [0.25, 0.3) is 28.1 Å². The summed E-state index contributed by atoms with van der Waals surface area (Å²) in [5.41, 5.74) is 3.54. The predicted molar refractivity (Wildman–Crippen MR) is 111 cm³/mol. The van der Waals surface area contributed by atoms with Crippen LogP contribution in [0.1, 0.15) is 10.7 Å². The number of halogens is 1. The van der Waals surface area contributed by atoms with E-state index in [1.807, 2.05) is 29.5 Å². The summed E-state index contributed by atoms with van der Waals surface area (Å²) in [5, 5.41) is 17.8. The molecule has 9 heteroatoms. The average Bonchev–Trinajstić information content (AvgIpc) is 3.43. The van der Waals surface area contributed by atoms with Crippen molar-refractivity contribution in [2.75, 3.05) is 7.11 Å². The number of aromatic nitrogens is 6. The van der Waals surface area contributed by atoms with E-state index in [1.165, 1.54) is 4.88 Å². The molecule has 0 saturated heterocycles.